The molecule has 0 radical (unpaired) electrons. The molecule has 1 heterocycles. The van der Waals surface area contributed by atoms with Gasteiger partial charge in [-0.15, -0.1) is 0 Å². The number of carboxylic acid groups (broad SMARTS) is 1. The zero-order chi connectivity index (χ0) is 23.4. The van der Waals surface area contributed by atoms with Gasteiger partial charge in [0.1, 0.15) is 18.7 Å². The smallest absolute Gasteiger partial charge is 0.407 e. The van der Waals surface area contributed by atoms with Gasteiger partial charge in [-0.05, 0) is 41.3 Å². The summed E-state index contributed by atoms with van der Waals surface area (Å²) in [5.74, 6) is -1.87. The number of carbonyl (C=O) groups is 3. The number of aliphatic carboxylic acids is 1. The number of rotatable bonds is 8. The molecule has 0 saturated carbocycles. The van der Waals surface area contributed by atoms with Crippen LogP contribution in [0, 0.1) is 0 Å². The van der Waals surface area contributed by atoms with Crippen LogP contribution in [-0.2, 0) is 20.7 Å². The minimum absolute atomic E-state index is 0.106. The third kappa shape index (κ3) is 4.90. The molecule has 0 fully saturated rings. The standard InChI is InChI=1S/C25H25N3O5/c1-15(24(30)31)27-23(29)22(13-16-7-6-12-26-16)28-25(32)33-14-21-19-10-4-2-8-17(19)18-9-3-5-11-20(18)21/h2-12,15,21-22,26H,13-14H2,1H3,(H,27,29)(H,28,32)(H,30,31)/t15-,22?/m1/s1. The van der Waals surface area contributed by atoms with Gasteiger partial charge in [-0.3, -0.25) is 9.59 Å². The molecule has 4 rings (SSSR count). The van der Waals surface area contributed by atoms with Gasteiger partial charge in [0.05, 0.1) is 0 Å². The highest BCUT2D eigenvalue weighted by Gasteiger charge is 2.30. The van der Waals surface area contributed by atoms with Crippen molar-refractivity contribution in [2.75, 3.05) is 6.61 Å². The van der Waals surface area contributed by atoms with Crippen molar-refractivity contribution in [3.63, 3.8) is 0 Å². The maximum absolute atomic E-state index is 12.6. The van der Waals surface area contributed by atoms with Crippen molar-refractivity contribution < 1.29 is 24.2 Å². The molecule has 1 aromatic heterocycles. The molecule has 1 aliphatic rings. The Kier molecular flexibility index (Phi) is 6.44. The average molecular weight is 447 g/mol. The van der Waals surface area contributed by atoms with Gasteiger partial charge < -0.3 is 25.5 Å². The zero-order valence-corrected chi connectivity index (χ0v) is 18.1. The van der Waals surface area contributed by atoms with Crippen molar-refractivity contribution in [2.45, 2.75) is 31.3 Å². The van der Waals surface area contributed by atoms with Crippen LogP contribution in [0.3, 0.4) is 0 Å². The minimum Gasteiger partial charge on any atom is -0.480 e. The van der Waals surface area contributed by atoms with Crippen molar-refractivity contribution in [2.24, 2.45) is 0 Å². The van der Waals surface area contributed by atoms with Crippen molar-refractivity contribution >= 4 is 18.0 Å². The lowest BCUT2D eigenvalue weighted by Crippen LogP contribution is -2.52. The second kappa shape index (κ2) is 9.60. The lowest BCUT2D eigenvalue weighted by molar-refractivity contribution is -0.141. The predicted octanol–water partition coefficient (Wildman–Crippen LogP) is 3.05. The number of carboxylic acids is 1. The molecule has 33 heavy (non-hydrogen) atoms. The van der Waals surface area contributed by atoms with Crippen molar-refractivity contribution in [1.82, 2.24) is 15.6 Å². The van der Waals surface area contributed by atoms with E-state index >= 15 is 0 Å². The fourth-order valence-corrected chi connectivity index (χ4v) is 4.08. The number of nitrogens with one attached hydrogen (secondary N) is 3. The molecule has 4 N–H and O–H groups in total. The second-order valence-corrected chi connectivity index (χ2v) is 7.99. The Balaban J connectivity index is 1.44. The number of aromatic nitrogens is 1. The maximum Gasteiger partial charge on any atom is 0.407 e. The summed E-state index contributed by atoms with van der Waals surface area (Å²) in [6, 6.07) is 17.5. The highest BCUT2D eigenvalue weighted by molar-refractivity contribution is 5.89. The van der Waals surface area contributed by atoms with Crippen LogP contribution in [0.5, 0.6) is 0 Å². The number of alkyl carbamates (subject to hydrolysis) is 1. The first-order valence-corrected chi connectivity index (χ1v) is 10.7. The Hall–Kier alpha value is -4.07. The molecule has 0 saturated heterocycles. The number of hydrogen-bond acceptors (Lipinski definition) is 4. The van der Waals surface area contributed by atoms with Crippen LogP contribution >= 0.6 is 0 Å². The highest BCUT2D eigenvalue weighted by atomic mass is 16.5. The van der Waals surface area contributed by atoms with E-state index < -0.39 is 30.1 Å². The molecule has 1 unspecified atom stereocenters. The Morgan fingerprint density at radius 2 is 1.61 bits per heavy atom. The number of benzene rings is 2. The van der Waals surface area contributed by atoms with Gasteiger partial charge in [-0.25, -0.2) is 4.79 Å². The van der Waals surface area contributed by atoms with Gasteiger partial charge in [0.15, 0.2) is 0 Å². The minimum atomic E-state index is -1.16. The van der Waals surface area contributed by atoms with Gasteiger partial charge in [0.2, 0.25) is 5.91 Å². The summed E-state index contributed by atoms with van der Waals surface area (Å²) in [6.45, 7) is 1.47. The largest absolute Gasteiger partial charge is 0.480 e. The Bertz CT molecular complexity index is 1110. The number of fused-ring (bicyclic) bond motifs is 3. The average Bonchev–Trinajstić information content (AvgIpc) is 3.43. The normalized spacial score (nSPS) is 14.0. The van der Waals surface area contributed by atoms with Crippen LogP contribution in [0.4, 0.5) is 4.79 Å². The summed E-state index contributed by atoms with van der Waals surface area (Å²) < 4.78 is 5.54. The Morgan fingerprint density at radius 1 is 0.970 bits per heavy atom. The van der Waals surface area contributed by atoms with E-state index in [2.05, 4.69) is 27.8 Å². The van der Waals surface area contributed by atoms with Gasteiger partial charge in [0.25, 0.3) is 0 Å². The molecule has 0 aliphatic heterocycles. The van der Waals surface area contributed by atoms with Gasteiger partial charge >= 0.3 is 12.1 Å². The predicted molar refractivity (Wildman–Crippen MR) is 122 cm³/mol. The highest BCUT2D eigenvalue weighted by Crippen LogP contribution is 2.44. The van der Waals surface area contributed by atoms with Crippen LogP contribution < -0.4 is 10.6 Å². The number of aromatic amines is 1. The number of hydrogen-bond donors (Lipinski definition) is 4. The first-order chi connectivity index (χ1) is 15.9. The number of ether oxygens (including phenoxy) is 1. The van der Waals surface area contributed by atoms with E-state index in [1.54, 1.807) is 18.3 Å². The monoisotopic (exact) mass is 447 g/mol. The summed E-state index contributed by atoms with van der Waals surface area (Å²) in [7, 11) is 0. The quantitative estimate of drug-likeness (QED) is 0.423. The molecule has 8 nitrogen and oxygen atoms in total. The molecule has 0 spiro atoms. The van der Waals surface area contributed by atoms with Crippen molar-refractivity contribution in [1.29, 1.82) is 0 Å². The molecule has 2 atom stereocenters. The molecule has 1 aliphatic carbocycles. The lowest BCUT2D eigenvalue weighted by Gasteiger charge is -2.20. The number of amides is 2. The van der Waals surface area contributed by atoms with Gasteiger partial charge in [-0.2, -0.15) is 0 Å². The van der Waals surface area contributed by atoms with Crippen LogP contribution in [-0.4, -0.2) is 46.8 Å². The molecule has 170 valence electrons. The Morgan fingerprint density at radius 3 is 2.18 bits per heavy atom. The van der Waals surface area contributed by atoms with Crippen LogP contribution in [0.15, 0.2) is 66.9 Å². The molecule has 2 aromatic carbocycles. The molecule has 3 aromatic rings. The van der Waals surface area contributed by atoms with Gasteiger partial charge in [0, 0.05) is 24.2 Å². The van der Waals surface area contributed by atoms with E-state index in [1.165, 1.54) is 6.92 Å². The van der Waals surface area contributed by atoms with E-state index in [0.717, 1.165) is 27.9 Å². The third-order valence-electron chi connectivity index (χ3n) is 5.77. The summed E-state index contributed by atoms with van der Waals surface area (Å²) >= 11 is 0. The molecular weight excluding hydrogens is 422 g/mol. The van der Waals surface area contributed by atoms with Gasteiger partial charge in [-0.1, -0.05) is 48.5 Å². The van der Waals surface area contributed by atoms with Crippen LogP contribution in [0.2, 0.25) is 0 Å². The van der Waals surface area contributed by atoms with Crippen LogP contribution in [0.1, 0.15) is 29.7 Å². The summed E-state index contributed by atoms with van der Waals surface area (Å²) in [5.41, 5.74) is 5.13. The summed E-state index contributed by atoms with van der Waals surface area (Å²) in [4.78, 5) is 39.4. The lowest BCUT2D eigenvalue weighted by atomic mass is 9.98. The van der Waals surface area contributed by atoms with E-state index in [1.807, 2.05) is 36.4 Å². The Labute approximate surface area is 191 Å². The first-order valence-electron chi connectivity index (χ1n) is 10.7. The molecule has 8 heteroatoms. The molecular formula is C25H25N3O5. The molecule has 2 amide bonds. The maximum atomic E-state index is 12.6. The second-order valence-electron chi connectivity index (χ2n) is 7.99. The fourth-order valence-electron chi connectivity index (χ4n) is 4.08. The third-order valence-corrected chi connectivity index (χ3v) is 5.77. The van der Waals surface area contributed by atoms with E-state index in [9.17, 15) is 14.4 Å². The SMILES string of the molecule is C[C@@H](NC(=O)C(Cc1ccc[nH]1)NC(=O)OCC1c2ccccc2-c2ccccc21)C(=O)O. The van der Waals surface area contributed by atoms with Crippen LogP contribution in [0.25, 0.3) is 11.1 Å². The van der Waals surface area contributed by atoms with E-state index in [4.69, 9.17) is 9.84 Å². The first kappa shape index (κ1) is 22.1. The number of H-pyrrole nitrogens is 1. The van der Waals surface area contributed by atoms with Crippen molar-refractivity contribution in [3.05, 3.63) is 83.7 Å². The van der Waals surface area contributed by atoms with E-state index in [0.29, 0.717) is 0 Å². The zero-order valence-electron chi connectivity index (χ0n) is 18.1. The molecule has 0 bridgehead atoms. The van der Waals surface area contributed by atoms with E-state index in [-0.39, 0.29) is 18.9 Å². The topological polar surface area (TPSA) is 121 Å². The van der Waals surface area contributed by atoms with Crippen molar-refractivity contribution in [3.8, 4) is 11.1 Å². The fraction of sp³-hybridized carbons (Fsp3) is 0.240. The summed E-state index contributed by atoms with van der Waals surface area (Å²) in [6.07, 6.45) is 1.12. The summed E-state index contributed by atoms with van der Waals surface area (Å²) in [5, 5.41) is 14.1. The number of carbonyl (C=O) groups excluding carboxylic acids is 2.